The van der Waals surface area contributed by atoms with Crippen LogP contribution in [-0.4, -0.2) is 40.5 Å². The van der Waals surface area contributed by atoms with E-state index in [4.69, 9.17) is 14.6 Å². The first-order valence-corrected chi connectivity index (χ1v) is 10.1. The number of hydrogen-bond donors (Lipinski definition) is 2. The average Bonchev–Trinajstić information content (AvgIpc) is 2.63. The van der Waals surface area contributed by atoms with E-state index in [2.05, 4.69) is 5.32 Å². The molecule has 164 valence electrons. The SMILES string of the molecule is CCn1c(=O)c(CC(=O)O)cc2ccc(OCCCCNC(=O)OC(C)(C)C)cc21. The minimum atomic E-state index is -1.03. The molecule has 1 aromatic heterocycles. The molecule has 0 aliphatic rings. The first-order chi connectivity index (χ1) is 14.1. The second-order valence-corrected chi connectivity index (χ2v) is 7.99. The van der Waals surface area contributed by atoms with Crippen LogP contribution in [0.3, 0.4) is 0 Å². The molecule has 0 fully saturated rings. The molecule has 1 aromatic carbocycles. The summed E-state index contributed by atoms with van der Waals surface area (Å²) in [6.07, 6.45) is 0.749. The number of nitrogens with one attached hydrogen (secondary N) is 1. The number of carboxylic acids is 1. The Morgan fingerprint density at radius 1 is 1.17 bits per heavy atom. The van der Waals surface area contributed by atoms with Gasteiger partial charge in [-0.05, 0) is 64.1 Å². The van der Waals surface area contributed by atoms with Crippen molar-refractivity contribution < 1.29 is 24.2 Å². The summed E-state index contributed by atoms with van der Waals surface area (Å²) in [5.74, 6) is -0.398. The highest BCUT2D eigenvalue weighted by atomic mass is 16.6. The van der Waals surface area contributed by atoms with Crippen molar-refractivity contribution in [1.29, 1.82) is 0 Å². The van der Waals surface area contributed by atoms with E-state index in [1.807, 2.05) is 33.8 Å². The van der Waals surface area contributed by atoms with E-state index in [0.29, 0.717) is 31.0 Å². The van der Waals surface area contributed by atoms with E-state index in [-0.39, 0.29) is 17.5 Å². The first kappa shape index (κ1) is 23.3. The number of carboxylic acid groups (broad SMARTS) is 1. The number of unbranched alkanes of at least 4 members (excludes halogenated alkanes) is 1. The molecule has 2 N–H and O–H groups in total. The number of aromatic nitrogens is 1. The van der Waals surface area contributed by atoms with Gasteiger partial charge in [0.05, 0.1) is 18.5 Å². The van der Waals surface area contributed by atoms with Gasteiger partial charge in [0, 0.05) is 24.7 Å². The molecule has 30 heavy (non-hydrogen) atoms. The third-order valence-electron chi connectivity index (χ3n) is 4.31. The smallest absolute Gasteiger partial charge is 0.407 e. The van der Waals surface area contributed by atoms with Crippen molar-refractivity contribution in [1.82, 2.24) is 9.88 Å². The number of hydrogen-bond acceptors (Lipinski definition) is 5. The summed E-state index contributed by atoms with van der Waals surface area (Å²) in [5.41, 5.74) is 0.165. The van der Waals surface area contributed by atoms with E-state index in [1.165, 1.54) is 0 Å². The van der Waals surface area contributed by atoms with E-state index in [0.717, 1.165) is 18.2 Å². The normalized spacial score (nSPS) is 11.3. The van der Waals surface area contributed by atoms with Gasteiger partial charge in [-0.1, -0.05) is 0 Å². The quantitative estimate of drug-likeness (QED) is 0.605. The summed E-state index contributed by atoms with van der Waals surface area (Å²) in [6, 6.07) is 7.05. The second kappa shape index (κ2) is 10.1. The predicted octanol–water partition coefficient (Wildman–Crippen LogP) is 3.33. The molecule has 1 amide bonds. The van der Waals surface area contributed by atoms with Crippen LogP contribution in [0.5, 0.6) is 5.75 Å². The fraction of sp³-hybridized carbons (Fsp3) is 0.500. The summed E-state index contributed by atoms with van der Waals surface area (Å²) in [4.78, 5) is 35.1. The van der Waals surface area contributed by atoms with Crippen molar-refractivity contribution in [2.45, 2.75) is 59.1 Å². The zero-order valence-corrected chi connectivity index (χ0v) is 18.0. The third-order valence-corrected chi connectivity index (χ3v) is 4.31. The van der Waals surface area contributed by atoms with Crippen LogP contribution in [0.4, 0.5) is 4.79 Å². The highest BCUT2D eigenvalue weighted by Crippen LogP contribution is 2.21. The summed E-state index contributed by atoms with van der Waals surface area (Å²) < 4.78 is 12.5. The summed E-state index contributed by atoms with van der Waals surface area (Å²) in [5, 5.41) is 12.5. The van der Waals surface area contributed by atoms with E-state index in [9.17, 15) is 14.4 Å². The standard InChI is InChI=1S/C22H30N2O6/c1-5-24-18-14-17(9-8-15(18)12-16(20(24)27)13-19(25)26)29-11-7-6-10-23-21(28)30-22(2,3)4/h8-9,12,14H,5-7,10-11,13H2,1-4H3,(H,23,28)(H,25,26). The fourth-order valence-corrected chi connectivity index (χ4v) is 3.03. The van der Waals surface area contributed by atoms with Crippen LogP contribution in [0.1, 0.15) is 46.1 Å². The minimum Gasteiger partial charge on any atom is -0.494 e. The molecule has 8 nitrogen and oxygen atoms in total. The lowest BCUT2D eigenvalue weighted by molar-refractivity contribution is -0.136. The van der Waals surface area contributed by atoms with Gasteiger partial charge >= 0.3 is 12.1 Å². The number of benzene rings is 1. The molecular weight excluding hydrogens is 388 g/mol. The largest absolute Gasteiger partial charge is 0.494 e. The van der Waals surface area contributed by atoms with E-state index < -0.39 is 17.7 Å². The number of pyridine rings is 1. The Morgan fingerprint density at radius 3 is 2.53 bits per heavy atom. The van der Waals surface area contributed by atoms with Gasteiger partial charge in [0.25, 0.3) is 5.56 Å². The zero-order valence-electron chi connectivity index (χ0n) is 18.0. The van der Waals surface area contributed by atoms with Crippen molar-refractivity contribution in [3.63, 3.8) is 0 Å². The Hall–Kier alpha value is -3.03. The molecule has 0 saturated carbocycles. The third kappa shape index (κ3) is 6.79. The van der Waals surface area contributed by atoms with Gasteiger partial charge in [-0.2, -0.15) is 0 Å². The van der Waals surface area contributed by atoms with Gasteiger partial charge in [-0.3, -0.25) is 9.59 Å². The molecule has 0 bridgehead atoms. The lowest BCUT2D eigenvalue weighted by Crippen LogP contribution is -2.33. The summed E-state index contributed by atoms with van der Waals surface area (Å²) in [7, 11) is 0. The van der Waals surface area contributed by atoms with Crippen LogP contribution in [0.15, 0.2) is 29.1 Å². The van der Waals surface area contributed by atoms with Crippen LogP contribution in [-0.2, 0) is 22.5 Å². The Morgan fingerprint density at radius 2 is 1.90 bits per heavy atom. The second-order valence-electron chi connectivity index (χ2n) is 7.99. The molecule has 0 unspecified atom stereocenters. The number of carbonyl (C=O) groups is 2. The number of fused-ring (bicyclic) bond motifs is 1. The number of amides is 1. The van der Waals surface area contributed by atoms with Crippen LogP contribution < -0.4 is 15.6 Å². The van der Waals surface area contributed by atoms with Crippen molar-refractivity contribution in [3.8, 4) is 5.75 Å². The predicted molar refractivity (Wildman–Crippen MR) is 114 cm³/mol. The maximum atomic E-state index is 12.5. The molecule has 0 aliphatic heterocycles. The molecule has 1 heterocycles. The summed E-state index contributed by atoms with van der Waals surface area (Å²) in [6.45, 7) is 8.69. The summed E-state index contributed by atoms with van der Waals surface area (Å²) >= 11 is 0. The number of nitrogens with zero attached hydrogens (tertiary/aromatic N) is 1. The number of aliphatic carboxylic acids is 1. The fourth-order valence-electron chi connectivity index (χ4n) is 3.03. The molecule has 8 heteroatoms. The zero-order chi connectivity index (χ0) is 22.3. The van der Waals surface area contributed by atoms with Crippen molar-refractivity contribution in [3.05, 3.63) is 40.2 Å². The topological polar surface area (TPSA) is 107 Å². The number of ether oxygens (including phenoxy) is 2. The Kier molecular flexibility index (Phi) is 7.86. The average molecular weight is 418 g/mol. The van der Waals surface area contributed by atoms with Crippen molar-refractivity contribution in [2.75, 3.05) is 13.2 Å². The van der Waals surface area contributed by atoms with Crippen LogP contribution in [0.2, 0.25) is 0 Å². The van der Waals surface area contributed by atoms with Gasteiger partial charge in [-0.15, -0.1) is 0 Å². The Balaban J connectivity index is 1.94. The first-order valence-electron chi connectivity index (χ1n) is 10.1. The maximum Gasteiger partial charge on any atom is 0.407 e. The number of alkyl carbamates (subject to hydrolysis) is 1. The van der Waals surface area contributed by atoms with Crippen LogP contribution in [0, 0.1) is 0 Å². The highest BCUT2D eigenvalue weighted by molar-refractivity contribution is 5.82. The van der Waals surface area contributed by atoms with Gasteiger partial charge in [0.15, 0.2) is 0 Å². The van der Waals surface area contributed by atoms with Crippen molar-refractivity contribution in [2.24, 2.45) is 0 Å². The van der Waals surface area contributed by atoms with Crippen LogP contribution in [0.25, 0.3) is 10.9 Å². The molecule has 2 rings (SSSR count). The molecule has 0 spiro atoms. The maximum absolute atomic E-state index is 12.5. The van der Waals surface area contributed by atoms with Gasteiger partial charge in [0.1, 0.15) is 11.4 Å². The van der Waals surface area contributed by atoms with E-state index in [1.54, 1.807) is 22.8 Å². The molecule has 2 aromatic rings. The molecule has 0 aliphatic carbocycles. The molecular formula is C22H30N2O6. The lowest BCUT2D eigenvalue weighted by atomic mass is 10.1. The van der Waals surface area contributed by atoms with Gasteiger partial charge < -0.3 is 24.5 Å². The molecule has 0 radical (unpaired) electrons. The molecule has 0 saturated heterocycles. The van der Waals surface area contributed by atoms with Gasteiger partial charge in [-0.25, -0.2) is 4.79 Å². The van der Waals surface area contributed by atoms with Crippen LogP contribution >= 0.6 is 0 Å². The minimum absolute atomic E-state index is 0.267. The highest BCUT2D eigenvalue weighted by Gasteiger charge is 2.15. The molecule has 0 atom stereocenters. The monoisotopic (exact) mass is 418 g/mol. The van der Waals surface area contributed by atoms with Crippen molar-refractivity contribution >= 4 is 23.0 Å². The number of carbonyl (C=O) groups excluding carboxylic acids is 1. The Labute approximate surface area is 175 Å². The van der Waals surface area contributed by atoms with Gasteiger partial charge in [0.2, 0.25) is 0 Å². The Bertz CT molecular complexity index is 958. The van der Waals surface area contributed by atoms with E-state index >= 15 is 0 Å². The number of aryl methyl sites for hydroxylation is 1. The number of rotatable bonds is 9. The lowest BCUT2D eigenvalue weighted by Gasteiger charge is -2.19.